The Kier molecular flexibility index (Phi) is 4.70. The lowest BCUT2D eigenvalue weighted by molar-refractivity contribution is 0.0998. The lowest BCUT2D eigenvalue weighted by Gasteiger charge is -2.37. The van der Waals surface area contributed by atoms with Gasteiger partial charge in [0.15, 0.2) is 11.4 Å². The van der Waals surface area contributed by atoms with Crippen LogP contribution >= 0.6 is 11.8 Å². The van der Waals surface area contributed by atoms with Crippen LogP contribution in [0.15, 0.2) is 100 Å². The van der Waals surface area contributed by atoms with Crippen LogP contribution in [0.5, 0.6) is 0 Å². The van der Waals surface area contributed by atoms with E-state index in [0.29, 0.717) is 38.6 Å². The lowest BCUT2D eigenvalue weighted by Crippen LogP contribution is -2.45. The molecule has 1 aliphatic carbocycles. The van der Waals surface area contributed by atoms with Crippen molar-refractivity contribution < 1.29 is 4.79 Å². The maximum atomic E-state index is 13.2. The molecule has 0 amide bonds. The standard InChI is InChI=1S/C25H19N5OS/c26-13-15-11-12-17-18-21(28)23(22(31)14-7-3-1-4-8-14)32-24(18)30-25(29,19(17)20(15)27)16-9-5-2-6-10-16/h1-12,15,23,27H,28-29H2. The first kappa shape index (κ1) is 20.2. The van der Waals surface area contributed by atoms with Gasteiger partial charge < -0.3 is 11.1 Å². The number of aliphatic imine (C=N–C) groups is 1. The van der Waals surface area contributed by atoms with Gasteiger partial charge in [-0.1, -0.05) is 84.6 Å². The topological polar surface area (TPSA) is 129 Å². The van der Waals surface area contributed by atoms with Crippen molar-refractivity contribution in [1.29, 1.82) is 10.7 Å². The van der Waals surface area contributed by atoms with E-state index in [4.69, 9.17) is 21.9 Å². The van der Waals surface area contributed by atoms with Gasteiger partial charge in [-0.3, -0.25) is 10.5 Å². The number of benzene rings is 2. The number of fused-ring (bicyclic) bond motifs is 2. The van der Waals surface area contributed by atoms with E-state index in [1.54, 1.807) is 24.3 Å². The Hall–Kier alpha value is -3.73. The molecule has 6 nitrogen and oxygen atoms in total. The maximum absolute atomic E-state index is 13.2. The number of nitrogens with two attached hydrogens (primary N) is 2. The summed E-state index contributed by atoms with van der Waals surface area (Å²) >= 11 is 1.28. The minimum Gasteiger partial charge on any atom is -0.400 e. The van der Waals surface area contributed by atoms with E-state index in [0.717, 1.165) is 0 Å². The number of dihydropyridines is 1. The normalized spacial score (nSPS) is 26.4. The zero-order valence-corrected chi connectivity index (χ0v) is 17.8. The first-order chi connectivity index (χ1) is 15.5. The van der Waals surface area contributed by atoms with Crippen molar-refractivity contribution >= 4 is 28.3 Å². The van der Waals surface area contributed by atoms with Gasteiger partial charge in [-0.05, 0) is 11.1 Å². The Bertz CT molecular complexity index is 1320. The fourth-order valence-electron chi connectivity index (χ4n) is 4.31. The highest BCUT2D eigenvalue weighted by molar-refractivity contribution is 8.16. The summed E-state index contributed by atoms with van der Waals surface area (Å²) in [5, 5.41) is 18.2. The van der Waals surface area contributed by atoms with Gasteiger partial charge in [0.25, 0.3) is 0 Å². The second kappa shape index (κ2) is 7.45. The van der Waals surface area contributed by atoms with Crippen LogP contribution in [0.4, 0.5) is 0 Å². The number of Topliss-reactive ketones (excluding diaryl/α,β-unsaturated/α-hetero) is 1. The van der Waals surface area contributed by atoms with Crippen LogP contribution in [-0.2, 0) is 5.66 Å². The molecule has 3 atom stereocenters. The number of hydrogen-bond acceptors (Lipinski definition) is 7. The highest BCUT2D eigenvalue weighted by atomic mass is 32.2. The molecule has 3 aliphatic rings. The minimum atomic E-state index is -1.36. The summed E-state index contributed by atoms with van der Waals surface area (Å²) in [4.78, 5) is 18.1. The van der Waals surface area contributed by atoms with E-state index in [2.05, 4.69) is 6.07 Å². The second-order valence-electron chi connectivity index (χ2n) is 7.78. The molecule has 3 unspecified atom stereocenters. The molecule has 2 heterocycles. The average Bonchev–Trinajstić information content (AvgIpc) is 3.15. The van der Waals surface area contributed by atoms with E-state index < -0.39 is 16.8 Å². The van der Waals surface area contributed by atoms with Gasteiger partial charge in [-0.2, -0.15) is 5.26 Å². The fraction of sp³-hybridized carbons (Fsp3) is 0.120. The molecule has 156 valence electrons. The van der Waals surface area contributed by atoms with Crippen molar-refractivity contribution in [3.05, 3.63) is 106 Å². The number of carbonyl (C=O) groups is 1. The summed E-state index contributed by atoms with van der Waals surface area (Å²) in [6, 6.07) is 20.5. The predicted octanol–water partition coefficient (Wildman–Crippen LogP) is 3.45. The van der Waals surface area contributed by atoms with Crippen LogP contribution in [0.1, 0.15) is 15.9 Å². The Labute approximate surface area is 189 Å². The molecule has 5 rings (SSSR count). The number of carbonyl (C=O) groups excluding carboxylic acids is 1. The molecule has 0 saturated heterocycles. The minimum absolute atomic E-state index is 0.0993. The van der Waals surface area contributed by atoms with Gasteiger partial charge in [-0.15, -0.1) is 0 Å². The lowest BCUT2D eigenvalue weighted by atomic mass is 9.75. The third-order valence-corrected chi connectivity index (χ3v) is 7.12. The largest absolute Gasteiger partial charge is 0.400 e. The molecule has 0 bridgehead atoms. The number of nitriles is 1. The van der Waals surface area contributed by atoms with Crippen LogP contribution < -0.4 is 11.5 Å². The molecule has 2 aromatic rings. The first-order valence-corrected chi connectivity index (χ1v) is 11.0. The van der Waals surface area contributed by atoms with Crippen LogP contribution in [-0.4, -0.2) is 21.8 Å². The predicted molar refractivity (Wildman–Crippen MR) is 126 cm³/mol. The molecule has 2 aliphatic heterocycles. The van der Waals surface area contributed by atoms with Gasteiger partial charge >= 0.3 is 0 Å². The van der Waals surface area contributed by atoms with E-state index in [1.165, 1.54) is 11.8 Å². The van der Waals surface area contributed by atoms with Crippen molar-refractivity contribution in [3.8, 4) is 6.07 Å². The summed E-state index contributed by atoms with van der Waals surface area (Å²) in [7, 11) is 0. The van der Waals surface area contributed by atoms with Crippen molar-refractivity contribution in [3.63, 3.8) is 0 Å². The van der Waals surface area contributed by atoms with Gasteiger partial charge in [0.05, 0.1) is 11.8 Å². The molecule has 32 heavy (non-hydrogen) atoms. The van der Waals surface area contributed by atoms with Gasteiger partial charge in [0, 0.05) is 22.4 Å². The van der Waals surface area contributed by atoms with Crippen molar-refractivity contribution in [1.82, 2.24) is 0 Å². The van der Waals surface area contributed by atoms with E-state index in [1.807, 2.05) is 48.5 Å². The monoisotopic (exact) mass is 437 g/mol. The van der Waals surface area contributed by atoms with Crippen molar-refractivity contribution in [2.75, 3.05) is 0 Å². The molecule has 7 heteroatoms. The Balaban J connectivity index is 1.70. The summed E-state index contributed by atoms with van der Waals surface area (Å²) in [6.45, 7) is 0. The third kappa shape index (κ3) is 2.88. The Morgan fingerprint density at radius 3 is 2.44 bits per heavy atom. The number of hydrogen-bond donors (Lipinski definition) is 3. The zero-order chi connectivity index (χ0) is 22.5. The third-order valence-electron chi connectivity index (χ3n) is 5.90. The highest BCUT2D eigenvalue weighted by Gasteiger charge is 2.48. The molecule has 0 saturated carbocycles. The van der Waals surface area contributed by atoms with Crippen LogP contribution in [0.25, 0.3) is 0 Å². The summed E-state index contributed by atoms with van der Waals surface area (Å²) in [5.74, 6) is -0.832. The Morgan fingerprint density at radius 2 is 1.78 bits per heavy atom. The Morgan fingerprint density at radius 1 is 1.12 bits per heavy atom. The van der Waals surface area contributed by atoms with Crippen LogP contribution in [0, 0.1) is 22.7 Å². The molecule has 0 aromatic heterocycles. The molecule has 0 fully saturated rings. The highest BCUT2D eigenvalue weighted by Crippen LogP contribution is 2.49. The number of allylic oxidation sites excluding steroid dienone is 3. The van der Waals surface area contributed by atoms with Crippen LogP contribution in [0.3, 0.4) is 0 Å². The molecule has 5 N–H and O–H groups in total. The van der Waals surface area contributed by atoms with E-state index >= 15 is 0 Å². The molecule has 2 aromatic carbocycles. The smallest absolute Gasteiger partial charge is 0.182 e. The summed E-state index contributed by atoms with van der Waals surface area (Å²) < 4.78 is 0. The van der Waals surface area contributed by atoms with Crippen LogP contribution in [0.2, 0.25) is 0 Å². The summed E-state index contributed by atoms with van der Waals surface area (Å²) in [6.07, 6.45) is 3.46. The molecular weight excluding hydrogens is 418 g/mol. The molecule has 0 radical (unpaired) electrons. The molecule has 0 spiro atoms. The SMILES string of the molecule is N#CC1C=CC2=C(C1=N)C(N)(c1ccccc1)N=C1SC(C(=O)c3ccccc3)C(N)=C12. The van der Waals surface area contributed by atoms with E-state index in [9.17, 15) is 10.1 Å². The number of nitrogens with zero attached hydrogens (tertiary/aromatic N) is 2. The van der Waals surface area contributed by atoms with Crippen molar-refractivity contribution in [2.45, 2.75) is 10.9 Å². The maximum Gasteiger partial charge on any atom is 0.182 e. The van der Waals surface area contributed by atoms with Crippen molar-refractivity contribution in [2.24, 2.45) is 22.4 Å². The fourth-order valence-corrected chi connectivity index (χ4v) is 5.56. The van der Waals surface area contributed by atoms with E-state index in [-0.39, 0.29) is 11.5 Å². The summed E-state index contributed by atoms with van der Waals surface area (Å²) in [5.41, 5.74) is 15.6. The molecular formula is C25H19N5OS. The average molecular weight is 438 g/mol. The number of rotatable bonds is 3. The van der Waals surface area contributed by atoms with Gasteiger partial charge in [-0.25, -0.2) is 4.99 Å². The van der Waals surface area contributed by atoms with Gasteiger partial charge in [0.1, 0.15) is 16.2 Å². The number of thioether (sulfide) groups is 1. The zero-order valence-electron chi connectivity index (χ0n) is 16.9. The van der Waals surface area contributed by atoms with Gasteiger partial charge in [0.2, 0.25) is 0 Å². The number of ketones is 1. The first-order valence-electron chi connectivity index (χ1n) is 10.1. The quantitative estimate of drug-likeness (QED) is 0.634. The number of nitrogens with one attached hydrogen (secondary N) is 1. The second-order valence-corrected chi connectivity index (χ2v) is 8.87.